The highest BCUT2D eigenvalue weighted by atomic mass is 16.5. The number of pyridine rings is 1. The third kappa shape index (κ3) is 4.64. The number of amides is 1. The number of ether oxygens (including phenoxy) is 1. The summed E-state index contributed by atoms with van der Waals surface area (Å²) in [7, 11) is 0. The van der Waals surface area contributed by atoms with Crippen molar-refractivity contribution in [3.8, 4) is 5.88 Å². The van der Waals surface area contributed by atoms with Crippen molar-refractivity contribution >= 4 is 17.5 Å². The van der Waals surface area contributed by atoms with Gasteiger partial charge in [0.1, 0.15) is 23.6 Å². The molecule has 1 saturated carbocycles. The lowest BCUT2D eigenvalue weighted by molar-refractivity contribution is 0.0746. The average molecular weight is 437 g/mol. The van der Waals surface area contributed by atoms with Crippen molar-refractivity contribution in [1.82, 2.24) is 19.9 Å². The van der Waals surface area contributed by atoms with E-state index < -0.39 is 0 Å². The topological polar surface area (TPSA) is 74.7 Å². The molecule has 2 aromatic heterocycles. The number of nitrogens with zero attached hydrogens (tertiary/aromatic N) is 6. The molecular weight excluding hydrogens is 404 g/mol. The molecule has 0 atom stereocenters. The van der Waals surface area contributed by atoms with Crippen molar-refractivity contribution in [3.63, 3.8) is 0 Å². The first-order valence-electron chi connectivity index (χ1n) is 11.9. The minimum atomic E-state index is 0.0289. The SMILES string of the molecule is Cc1nc(N2CCCC2)cc(N2CCN(C(=O)c3ccc(OC4CCCC4)nc3)CC2)n1. The molecule has 0 bridgehead atoms. The number of carbonyl (C=O) groups excluding carboxylic acids is 1. The molecule has 170 valence electrons. The highest BCUT2D eigenvalue weighted by Gasteiger charge is 2.25. The van der Waals surface area contributed by atoms with E-state index in [9.17, 15) is 4.79 Å². The summed E-state index contributed by atoms with van der Waals surface area (Å²) < 4.78 is 5.92. The maximum Gasteiger partial charge on any atom is 0.255 e. The van der Waals surface area contributed by atoms with Gasteiger partial charge in [0.15, 0.2) is 0 Å². The third-order valence-corrected chi connectivity index (χ3v) is 6.70. The van der Waals surface area contributed by atoms with Crippen molar-refractivity contribution in [2.75, 3.05) is 49.1 Å². The van der Waals surface area contributed by atoms with Gasteiger partial charge in [0.05, 0.1) is 5.56 Å². The minimum Gasteiger partial charge on any atom is -0.474 e. The first-order valence-corrected chi connectivity index (χ1v) is 11.9. The lowest BCUT2D eigenvalue weighted by atomic mass is 10.2. The van der Waals surface area contributed by atoms with E-state index in [-0.39, 0.29) is 12.0 Å². The van der Waals surface area contributed by atoms with Gasteiger partial charge in [-0.3, -0.25) is 4.79 Å². The van der Waals surface area contributed by atoms with Crippen LogP contribution in [0.15, 0.2) is 24.4 Å². The minimum absolute atomic E-state index is 0.0289. The molecule has 8 heteroatoms. The van der Waals surface area contributed by atoms with Gasteiger partial charge in [-0.15, -0.1) is 0 Å². The van der Waals surface area contributed by atoms with Crippen LogP contribution in [0.1, 0.15) is 54.7 Å². The molecule has 0 spiro atoms. The second-order valence-corrected chi connectivity index (χ2v) is 9.01. The number of piperazine rings is 1. The Morgan fingerprint density at radius 2 is 1.56 bits per heavy atom. The van der Waals surface area contributed by atoms with Crippen molar-refractivity contribution in [2.24, 2.45) is 0 Å². The maximum absolute atomic E-state index is 13.0. The van der Waals surface area contributed by atoms with E-state index in [0.717, 1.165) is 56.5 Å². The lowest BCUT2D eigenvalue weighted by Crippen LogP contribution is -2.49. The highest BCUT2D eigenvalue weighted by molar-refractivity contribution is 5.94. The summed E-state index contributed by atoms with van der Waals surface area (Å²) in [4.78, 5) is 33.2. The van der Waals surface area contributed by atoms with Crippen LogP contribution in [-0.4, -0.2) is 71.1 Å². The Kier molecular flexibility index (Phi) is 6.10. The van der Waals surface area contributed by atoms with Crippen LogP contribution >= 0.6 is 0 Å². The van der Waals surface area contributed by atoms with E-state index in [1.54, 1.807) is 6.20 Å². The van der Waals surface area contributed by atoms with Crippen LogP contribution in [-0.2, 0) is 0 Å². The largest absolute Gasteiger partial charge is 0.474 e. The number of carbonyl (C=O) groups is 1. The zero-order valence-corrected chi connectivity index (χ0v) is 18.9. The Morgan fingerprint density at radius 3 is 2.19 bits per heavy atom. The van der Waals surface area contributed by atoms with Crippen LogP contribution in [0.2, 0.25) is 0 Å². The second kappa shape index (κ2) is 9.30. The Morgan fingerprint density at radius 1 is 0.906 bits per heavy atom. The average Bonchev–Trinajstić information content (AvgIpc) is 3.54. The van der Waals surface area contributed by atoms with Gasteiger partial charge in [0.2, 0.25) is 5.88 Å². The maximum atomic E-state index is 13.0. The molecule has 3 aliphatic rings. The Balaban J connectivity index is 1.18. The van der Waals surface area contributed by atoms with Crippen LogP contribution in [0.5, 0.6) is 5.88 Å². The number of aryl methyl sites for hydroxylation is 1. The Bertz CT molecular complexity index is 930. The summed E-state index contributed by atoms with van der Waals surface area (Å²) in [6, 6.07) is 5.76. The monoisotopic (exact) mass is 436 g/mol. The van der Waals surface area contributed by atoms with Gasteiger partial charge in [-0.25, -0.2) is 15.0 Å². The summed E-state index contributed by atoms with van der Waals surface area (Å²) in [6.45, 7) is 6.95. The summed E-state index contributed by atoms with van der Waals surface area (Å²) in [6.07, 6.45) is 9.01. The Labute approximate surface area is 189 Å². The molecule has 0 aromatic carbocycles. The van der Waals surface area contributed by atoms with E-state index in [1.165, 1.54) is 25.7 Å². The van der Waals surface area contributed by atoms with E-state index in [2.05, 4.69) is 30.8 Å². The molecule has 2 aliphatic heterocycles. The van der Waals surface area contributed by atoms with E-state index in [1.807, 2.05) is 24.0 Å². The van der Waals surface area contributed by atoms with Crippen molar-refractivity contribution < 1.29 is 9.53 Å². The zero-order valence-electron chi connectivity index (χ0n) is 18.9. The Hall–Kier alpha value is -2.90. The molecule has 0 N–H and O–H groups in total. The lowest BCUT2D eigenvalue weighted by Gasteiger charge is -2.35. The van der Waals surface area contributed by atoms with Crippen LogP contribution in [0.3, 0.4) is 0 Å². The molecule has 2 aromatic rings. The van der Waals surface area contributed by atoms with Gasteiger partial charge in [-0.1, -0.05) is 0 Å². The second-order valence-electron chi connectivity index (χ2n) is 9.01. The number of aromatic nitrogens is 3. The summed E-state index contributed by atoms with van der Waals surface area (Å²) in [5.74, 6) is 3.43. The van der Waals surface area contributed by atoms with E-state index in [4.69, 9.17) is 4.74 Å². The summed E-state index contributed by atoms with van der Waals surface area (Å²) in [5, 5.41) is 0. The molecule has 0 radical (unpaired) electrons. The number of anilines is 2. The molecule has 3 fully saturated rings. The number of rotatable bonds is 5. The molecule has 0 unspecified atom stereocenters. The predicted octanol–water partition coefficient (Wildman–Crippen LogP) is 3.06. The molecule has 5 rings (SSSR count). The smallest absolute Gasteiger partial charge is 0.255 e. The molecule has 1 amide bonds. The summed E-state index contributed by atoms with van der Waals surface area (Å²) in [5.41, 5.74) is 0.617. The third-order valence-electron chi connectivity index (χ3n) is 6.70. The van der Waals surface area contributed by atoms with Gasteiger partial charge in [0.25, 0.3) is 5.91 Å². The standard InChI is InChI=1S/C24H32N6O2/c1-18-26-21(28-10-4-5-11-28)16-22(27-18)29-12-14-30(15-13-29)24(31)19-8-9-23(25-17-19)32-20-6-2-3-7-20/h8-9,16-17,20H,2-7,10-15H2,1H3. The number of hydrogen-bond donors (Lipinski definition) is 0. The fraction of sp³-hybridized carbons (Fsp3) is 0.583. The van der Waals surface area contributed by atoms with Crippen LogP contribution in [0, 0.1) is 6.92 Å². The molecular formula is C24H32N6O2. The summed E-state index contributed by atoms with van der Waals surface area (Å²) >= 11 is 0. The molecule has 8 nitrogen and oxygen atoms in total. The van der Waals surface area contributed by atoms with Gasteiger partial charge < -0.3 is 19.4 Å². The van der Waals surface area contributed by atoms with E-state index in [0.29, 0.717) is 24.5 Å². The highest BCUT2D eigenvalue weighted by Crippen LogP contribution is 2.25. The van der Waals surface area contributed by atoms with Gasteiger partial charge in [-0.2, -0.15) is 0 Å². The first-order chi connectivity index (χ1) is 15.7. The molecule has 4 heterocycles. The first kappa shape index (κ1) is 21.0. The van der Waals surface area contributed by atoms with Gasteiger partial charge in [0, 0.05) is 57.6 Å². The predicted molar refractivity (Wildman–Crippen MR) is 123 cm³/mol. The molecule has 32 heavy (non-hydrogen) atoms. The molecule has 2 saturated heterocycles. The van der Waals surface area contributed by atoms with Crippen LogP contribution < -0.4 is 14.5 Å². The molecule has 1 aliphatic carbocycles. The fourth-order valence-electron chi connectivity index (χ4n) is 4.88. The van der Waals surface area contributed by atoms with Crippen molar-refractivity contribution in [3.05, 3.63) is 35.8 Å². The van der Waals surface area contributed by atoms with Crippen LogP contribution in [0.4, 0.5) is 11.6 Å². The normalized spacial score (nSPS) is 19.6. The van der Waals surface area contributed by atoms with Crippen LogP contribution in [0.25, 0.3) is 0 Å². The van der Waals surface area contributed by atoms with E-state index >= 15 is 0 Å². The quantitative estimate of drug-likeness (QED) is 0.713. The zero-order chi connectivity index (χ0) is 21.9. The fourth-order valence-corrected chi connectivity index (χ4v) is 4.88. The number of hydrogen-bond acceptors (Lipinski definition) is 7. The van der Waals surface area contributed by atoms with Crippen molar-refractivity contribution in [2.45, 2.75) is 51.6 Å². The van der Waals surface area contributed by atoms with Gasteiger partial charge in [-0.05, 0) is 51.5 Å². The van der Waals surface area contributed by atoms with Gasteiger partial charge >= 0.3 is 0 Å². The van der Waals surface area contributed by atoms with Crippen molar-refractivity contribution in [1.29, 1.82) is 0 Å².